The first kappa shape index (κ1) is 12.8. The number of hydrogen-bond acceptors (Lipinski definition) is 3. The zero-order valence-electron chi connectivity index (χ0n) is 11.2. The topological polar surface area (TPSA) is 58.7 Å². The van der Waals surface area contributed by atoms with Gasteiger partial charge in [-0.15, -0.1) is 0 Å². The normalized spacial score (nSPS) is 38.5. The Kier molecular flexibility index (Phi) is 2.91. The predicted molar refractivity (Wildman–Crippen MR) is 75.5 cm³/mol. The molecular formula is C15H19NO3S. The van der Waals surface area contributed by atoms with Crippen molar-refractivity contribution in [2.45, 2.75) is 43.3 Å². The Balaban J connectivity index is 1.47. The fraction of sp³-hybridized carbons (Fsp3) is 0.600. The zero-order valence-corrected chi connectivity index (χ0v) is 12.1. The monoisotopic (exact) mass is 293 g/mol. The molecule has 4 fully saturated rings. The second-order valence-electron chi connectivity index (χ2n) is 6.19. The fourth-order valence-electron chi connectivity index (χ4n) is 3.96. The molecule has 5 atom stereocenters. The summed E-state index contributed by atoms with van der Waals surface area (Å²) in [5, 5.41) is -0.256. The average molecular weight is 293 g/mol. The van der Waals surface area contributed by atoms with Crippen molar-refractivity contribution in [3.05, 3.63) is 35.9 Å². The Bertz CT molecular complexity index is 601. The number of hydrogen-bond donors (Lipinski definition) is 1. The van der Waals surface area contributed by atoms with E-state index < -0.39 is 10.0 Å². The van der Waals surface area contributed by atoms with E-state index in [9.17, 15) is 8.42 Å². The molecule has 1 aromatic rings. The third-order valence-electron chi connectivity index (χ3n) is 5.05. The van der Waals surface area contributed by atoms with Crippen LogP contribution in [-0.2, 0) is 21.3 Å². The van der Waals surface area contributed by atoms with E-state index in [1.54, 1.807) is 0 Å². The largest absolute Gasteiger partial charge is 0.369 e. The first-order valence-corrected chi connectivity index (χ1v) is 8.88. The summed E-state index contributed by atoms with van der Waals surface area (Å²) in [7, 11) is -3.25. The number of fused-ring (bicyclic) bond motifs is 2. The summed E-state index contributed by atoms with van der Waals surface area (Å²) >= 11 is 0. The first-order valence-electron chi connectivity index (χ1n) is 7.33. The molecule has 5 heteroatoms. The summed E-state index contributed by atoms with van der Waals surface area (Å²) in [5.41, 5.74) is 0.998. The van der Waals surface area contributed by atoms with Gasteiger partial charge < -0.3 is 4.74 Å². The van der Waals surface area contributed by atoms with E-state index in [0.29, 0.717) is 18.6 Å². The lowest BCUT2D eigenvalue weighted by Gasteiger charge is -2.38. The smallest absolute Gasteiger partial charge is 0.215 e. The molecule has 1 heterocycles. The molecule has 5 rings (SSSR count). The second kappa shape index (κ2) is 4.55. The maximum absolute atomic E-state index is 12.5. The van der Waals surface area contributed by atoms with Gasteiger partial charge >= 0.3 is 0 Å². The lowest BCUT2D eigenvalue weighted by Crippen LogP contribution is -2.49. The quantitative estimate of drug-likeness (QED) is 0.859. The van der Waals surface area contributed by atoms with Gasteiger partial charge in [-0.2, -0.15) is 0 Å². The summed E-state index contributed by atoms with van der Waals surface area (Å²) in [6.07, 6.45) is 3.50. The predicted octanol–water partition coefficient (Wildman–Crippen LogP) is 1.67. The minimum atomic E-state index is -3.25. The SMILES string of the molecule is O=S(=O)(NCc1ccccc1)[C@@H]1C[C@H]2CC[C@@H]1[C@@H]1O[C@H]21. The molecule has 0 spiro atoms. The number of epoxide rings is 1. The third kappa shape index (κ3) is 2.08. The Morgan fingerprint density at radius 1 is 1.15 bits per heavy atom. The highest BCUT2D eigenvalue weighted by Crippen LogP contribution is 2.54. The zero-order chi connectivity index (χ0) is 13.7. The molecule has 3 aliphatic carbocycles. The van der Waals surface area contributed by atoms with Gasteiger partial charge in [0.25, 0.3) is 0 Å². The molecule has 0 aromatic heterocycles. The Morgan fingerprint density at radius 2 is 1.95 bits per heavy atom. The Labute approximate surface area is 119 Å². The standard InChI is InChI=1S/C15H19NO3S/c17-20(18,16-9-10-4-2-1-3-5-10)13-8-11-6-7-12(13)15-14(11)19-15/h1-5,11-16H,6-9H2/t11-,12+,13-,14-,15+/m1/s1. The highest BCUT2D eigenvalue weighted by Gasteiger charge is 2.61. The van der Waals surface area contributed by atoms with Crippen molar-refractivity contribution >= 4 is 10.0 Å². The molecular weight excluding hydrogens is 274 g/mol. The summed E-state index contributed by atoms with van der Waals surface area (Å²) in [5.74, 6) is 0.668. The van der Waals surface area contributed by atoms with Crippen molar-refractivity contribution in [2.75, 3.05) is 0 Å². The molecule has 3 saturated carbocycles. The van der Waals surface area contributed by atoms with Crippen molar-refractivity contribution in [1.82, 2.24) is 4.72 Å². The summed E-state index contributed by atoms with van der Waals surface area (Å²) in [6.45, 7) is 0.381. The van der Waals surface area contributed by atoms with E-state index in [2.05, 4.69) is 4.72 Å². The van der Waals surface area contributed by atoms with Crippen LogP contribution in [0.3, 0.4) is 0 Å². The van der Waals surface area contributed by atoms with Crippen molar-refractivity contribution in [2.24, 2.45) is 11.8 Å². The van der Waals surface area contributed by atoms with Gasteiger partial charge in [0.15, 0.2) is 0 Å². The van der Waals surface area contributed by atoms with E-state index in [-0.39, 0.29) is 17.3 Å². The van der Waals surface area contributed by atoms with Crippen LogP contribution >= 0.6 is 0 Å². The molecule has 0 unspecified atom stereocenters. The fourth-order valence-corrected chi connectivity index (χ4v) is 5.79. The minimum absolute atomic E-state index is 0.207. The minimum Gasteiger partial charge on any atom is -0.369 e. The van der Waals surface area contributed by atoms with Crippen LogP contribution < -0.4 is 4.72 Å². The third-order valence-corrected chi connectivity index (χ3v) is 6.94. The molecule has 0 radical (unpaired) electrons. The van der Waals surface area contributed by atoms with Gasteiger partial charge in [0.05, 0.1) is 17.5 Å². The van der Waals surface area contributed by atoms with Gasteiger partial charge in [-0.1, -0.05) is 30.3 Å². The van der Waals surface area contributed by atoms with E-state index >= 15 is 0 Å². The van der Waals surface area contributed by atoms with Gasteiger partial charge in [-0.3, -0.25) is 0 Å². The molecule has 1 saturated heterocycles. The van der Waals surface area contributed by atoms with Crippen LogP contribution in [0.1, 0.15) is 24.8 Å². The van der Waals surface area contributed by atoms with Crippen LogP contribution in [0, 0.1) is 11.8 Å². The highest BCUT2D eigenvalue weighted by molar-refractivity contribution is 7.90. The first-order chi connectivity index (χ1) is 9.65. The van der Waals surface area contributed by atoms with E-state index in [4.69, 9.17) is 4.74 Å². The van der Waals surface area contributed by atoms with Gasteiger partial charge in [-0.05, 0) is 30.7 Å². The van der Waals surface area contributed by atoms with Crippen LogP contribution in [0.4, 0.5) is 0 Å². The molecule has 2 bridgehead atoms. The van der Waals surface area contributed by atoms with Gasteiger partial charge in [0, 0.05) is 12.5 Å². The molecule has 1 aliphatic heterocycles. The van der Waals surface area contributed by atoms with E-state index in [0.717, 1.165) is 24.8 Å². The number of sulfonamides is 1. The molecule has 1 aromatic carbocycles. The number of ether oxygens (including phenoxy) is 1. The Hall–Kier alpha value is -0.910. The number of benzene rings is 1. The highest BCUT2D eigenvalue weighted by atomic mass is 32.2. The van der Waals surface area contributed by atoms with Gasteiger partial charge in [-0.25, -0.2) is 13.1 Å². The molecule has 1 N–H and O–H groups in total. The summed E-state index contributed by atoms with van der Waals surface area (Å²) in [6, 6.07) is 9.66. The van der Waals surface area contributed by atoms with Crippen molar-refractivity contribution < 1.29 is 13.2 Å². The number of rotatable bonds is 4. The molecule has 4 nitrogen and oxygen atoms in total. The van der Waals surface area contributed by atoms with Crippen LogP contribution in [0.2, 0.25) is 0 Å². The molecule has 4 aliphatic rings. The van der Waals surface area contributed by atoms with Crippen molar-refractivity contribution in [3.8, 4) is 0 Å². The van der Waals surface area contributed by atoms with Crippen LogP contribution in [-0.4, -0.2) is 25.9 Å². The summed E-state index contributed by atoms with van der Waals surface area (Å²) in [4.78, 5) is 0. The lowest BCUT2D eigenvalue weighted by atomic mass is 9.70. The van der Waals surface area contributed by atoms with Crippen molar-refractivity contribution in [1.29, 1.82) is 0 Å². The maximum Gasteiger partial charge on any atom is 0.215 e. The van der Waals surface area contributed by atoms with Crippen LogP contribution in [0.25, 0.3) is 0 Å². The maximum atomic E-state index is 12.5. The Morgan fingerprint density at radius 3 is 2.70 bits per heavy atom. The van der Waals surface area contributed by atoms with E-state index in [1.165, 1.54) is 0 Å². The van der Waals surface area contributed by atoms with Crippen LogP contribution in [0.5, 0.6) is 0 Å². The number of nitrogens with one attached hydrogen (secondary N) is 1. The van der Waals surface area contributed by atoms with Crippen molar-refractivity contribution in [3.63, 3.8) is 0 Å². The van der Waals surface area contributed by atoms with Crippen LogP contribution in [0.15, 0.2) is 30.3 Å². The molecule has 108 valence electrons. The second-order valence-corrected chi connectivity index (χ2v) is 8.18. The average Bonchev–Trinajstić information content (AvgIpc) is 3.29. The molecule has 20 heavy (non-hydrogen) atoms. The summed E-state index contributed by atoms with van der Waals surface area (Å²) < 4.78 is 33.5. The van der Waals surface area contributed by atoms with E-state index in [1.807, 2.05) is 30.3 Å². The van der Waals surface area contributed by atoms with Gasteiger partial charge in [0.1, 0.15) is 0 Å². The van der Waals surface area contributed by atoms with Gasteiger partial charge in [0.2, 0.25) is 10.0 Å². The lowest BCUT2D eigenvalue weighted by molar-refractivity contribution is 0.220. The molecule has 0 amide bonds.